The molecule has 0 spiro atoms. The molecule has 150 valence electrons. The molecule has 0 fully saturated rings. The highest BCUT2D eigenvalue weighted by molar-refractivity contribution is 14.0. The lowest BCUT2D eigenvalue weighted by molar-refractivity contribution is 0.599. The average Bonchev–Trinajstić information content (AvgIpc) is 2.99. The number of aryl methyl sites for hydroxylation is 2. The van der Waals surface area contributed by atoms with Crippen LogP contribution in [0.1, 0.15) is 15.4 Å². The Bertz CT molecular complexity index is 887. The molecule has 2 rings (SSSR count). The maximum absolute atomic E-state index is 13.5. The molecule has 0 bridgehead atoms. The van der Waals surface area contributed by atoms with Gasteiger partial charge in [0.05, 0.1) is 18.0 Å². The molecule has 27 heavy (non-hydrogen) atoms. The monoisotopic (exact) mass is 527 g/mol. The number of aromatic nitrogens is 1. The second kappa shape index (κ2) is 10.8. The SMILES string of the molecule is CN=C(NCCS(=O)(=O)Nc1ccc(C)c(F)c1)NCc1ncc(C)s1.I. The molecule has 11 heteroatoms. The number of rotatable bonds is 7. The first kappa shape index (κ1) is 23.6. The summed E-state index contributed by atoms with van der Waals surface area (Å²) in [5.41, 5.74) is 0.662. The molecule has 1 aromatic carbocycles. The molecule has 0 unspecified atom stereocenters. The van der Waals surface area contributed by atoms with E-state index < -0.39 is 15.8 Å². The number of hydrogen-bond acceptors (Lipinski definition) is 5. The zero-order valence-electron chi connectivity index (χ0n) is 15.2. The lowest BCUT2D eigenvalue weighted by Crippen LogP contribution is -2.39. The molecule has 0 atom stereocenters. The van der Waals surface area contributed by atoms with Gasteiger partial charge in [-0.3, -0.25) is 9.71 Å². The van der Waals surface area contributed by atoms with E-state index in [4.69, 9.17) is 0 Å². The van der Waals surface area contributed by atoms with Crippen LogP contribution >= 0.6 is 35.3 Å². The number of nitrogens with zero attached hydrogens (tertiary/aromatic N) is 2. The van der Waals surface area contributed by atoms with Gasteiger partial charge in [-0.05, 0) is 31.5 Å². The van der Waals surface area contributed by atoms with Gasteiger partial charge in [-0.25, -0.2) is 17.8 Å². The Morgan fingerprint density at radius 3 is 2.63 bits per heavy atom. The van der Waals surface area contributed by atoms with E-state index in [0.717, 1.165) is 16.0 Å². The Kier molecular flexibility index (Phi) is 9.39. The Morgan fingerprint density at radius 2 is 2.04 bits per heavy atom. The number of anilines is 1. The summed E-state index contributed by atoms with van der Waals surface area (Å²) in [6.45, 7) is 4.25. The van der Waals surface area contributed by atoms with E-state index in [2.05, 4.69) is 25.3 Å². The van der Waals surface area contributed by atoms with Crippen molar-refractivity contribution >= 4 is 57.0 Å². The third-order valence-corrected chi connectivity index (χ3v) is 5.61. The normalized spacial score (nSPS) is 11.6. The minimum Gasteiger partial charge on any atom is -0.355 e. The van der Waals surface area contributed by atoms with Crippen molar-refractivity contribution in [2.75, 3.05) is 24.1 Å². The number of thiazole rings is 1. The first-order valence-corrected chi connectivity index (χ1v) is 10.4. The fourth-order valence-corrected chi connectivity index (χ4v) is 3.74. The van der Waals surface area contributed by atoms with Crippen LogP contribution in [-0.2, 0) is 16.6 Å². The molecule has 3 N–H and O–H groups in total. The quantitative estimate of drug-likeness (QED) is 0.293. The van der Waals surface area contributed by atoms with E-state index in [1.165, 1.54) is 12.1 Å². The van der Waals surface area contributed by atoms with Crippen molar-refractivity contribution in [3.8, 4) is 0 Å². The van der Waals surface area contributed by atoms with Crippen molar-refractivity contribution in [2.45, 2.75) is 20.4 Å². The van der Waals surface area contributed by atoms with Crippen LogP contribution in [0.3, 0.4) is 0 Å². The summed E-state index contributed by atoms with van der Waals surface area (Å²) in [5.74, 6) is -0.153. The van der Waals surface area contributed by atoms with Gasteiger partial charge < -0.3 is 10.6 Å². The van der Waals surface area contributed by atoms with E-state index in [-0.39, 0.29) is 42.0 Å². The van der Waals surface area contributed by atoms with Crippen molar-refractivity contribution < 1.29 is 12.8 Å². The zero-order chi connectivity index (χ0) is 19.2. The molecule has 0 aliphatic rings. The summed E-state index contributed by atoms with van der Waals surface area (Å²) in [7, 11) is -2.00. The molecule has 1 heterocycles. The van der Waals surface area contributed by atoms with Gasteiger partial charge in [-0.15, -0.1) is 35.3 Å². The van der Waals surface area contributed by atoms with Crippen LogP contribution < -0.4 is 15.4 Å². The first-order valence-electron chi connectivity index (χ1n) is 7.91. The first-order chi connectivity index (χ1) is 12.3. The molecule has 0 amide bonds. The van der Waals surface area contributed by atoms with Crippen molar-refractivity contribution in [3.05, 3.63) is 45.7 Å². The van der Waals surface area contributed by atoms with Crippen LogP contribution in [0.15, 0.2) is 29.4 Å². The Labute approximate surface area is 180 Å². The van der Waals surface area contributed by atoms with Crippen LogP contribution in [0.4, 0.5) is 10.1 Å². The minimum atomic E-state index is -3.60. The number of hydrogen-bond donors (Lipinski definition) is 3. The smallest absolute Gasteiger partial charge is 0.234 e. The van der Waals surface area contributed by atoms with Gasteiger partial charge in [0, 0.05) is 24.7 Å². The highest BCUT2D eigenvalue weighted by Crippen LogP contribution is 2.15. The number of aliphatic imine (C=N–C) groups is 1. The molecular weight excluding hydrogens is 504 g/mol. The zero-order valence-corrected chi connectivity index (χ0v) is 19.2. The predicted octanol–water partition coefficient (Wildman–Crippen LogP) is 2.62. The van der Waals surface area contributed by atoms with Crippen molar-refractivity contribution in [1.29, 1.82) is 0 Å². The number of sulfonamides is 1. The van der Waals surface area contributed by atoms with Gasteiger partial charge in [0.2, 0.25) is 10.0 Å². The van der Waals surface area contributed by atoms with Crippen LogP contribution in [0, 0.1) is 19.7 Å². The molecular formula is C16H23FIN5O2S2. The van der Waals surface area contributed by atoms with E-state index in [1.54, 1.807) is 31.5 Å². The van der Waals surface area contributed by atoms with E-state index in [0.29, 0.717) is 18.1 Å². The summed E-state index contributed by atoms with van der Waals surface area (Å²) in [6, 6.07) is 4.22. The molecule has 1 aromatic heterocycles. The number of halogens is 2. The second-order valence-corrected chi connectivity index (χ2v) is 8.76. The maximum atomic E-state index is 13.5. The molecule has 2 aromatic rings. The number of guanidine groups is 1. The van der Waals surface area contributed by atoms with Crippen molar-refractivity contribution in [3.63, 3.8) is 0 Å². The average molecular weight is 527 g/mol. The molecule has 0 saturated heterocycles. The van der Waals surface area contributed by atoms with Gasteiger partial charge in [0.1, 0.15) is 10.8 Å². The van der Waals surface area contributed by atoms with Crippen LogP contribution in [0.5, 0.6) is 0 Å². The fraction of sp³-hybridized carbons (Fsp3) is 0.375. The standard InChI is InChI=1S/C16H22FN5O2S2.HI/c1-11-4-5-13(8-14(11)17)22-26(23,24)7-6-19-16(18-3)21-10-15-20-9-12(2)25-15;/h4-5,8-9,22H,6-7,10H2,1-3H3,(H2,18,19,21);1H. The van der Waals surface area contributed by atoms with Crippen LogP contribution in [-0.4, -0.2) is 38.7 Å². The highest BCUT2D eigenvalue weighted by atomic mass is 127. The highest BCUT2D eigenvalue weighted by Gasteiger charge is 2.12. The van der Waals surface area contributed by atoms with Crippen molar-refractivity contribution in [1.82, 2.24) is 15.6 Å². The molecule has 0 aliphatic heterocycles. The summed E-state index contributed by atoms with van der Waals surface area (Å²) < 4.78 is 40.1. The van der Waals surface area contributed by atoms with Gasteiger partial charge in [0.25, 0.3) is 0 Å². The summed E-state index contributed by atoms with van der Waals surface area (Å²) in [4.78, 5) is 9.40. The van der Waals surface area contributed by atoms with Gasteiger partial charge in [-0.2, -0.15) is 0 Å². The Hall–Kier alpha value is -1.47. The third kappa shape index (κ3) is 7.97. The maximum Gasteiger partial charge on any atom is 0.234 e. The predicted molar refractivity (Wildman–Crippen MR) is 119 cm³/mol. The summed E-state index contributed by atoms with van der Waals surface area (Å²) >= 11 is 1.58. The molecule has 0 aliphatic carbocycles. The minimum absolute atomic E-state index is 0. The van der Waals surface area contributed by atoms with Gasteiger partial charge in [-0.1, -0.05) is 6.07 Å². The lowest BCUT2D eigenvalue weighted by Gasteiger charge is -2.12. The number of benzene rings is 1. The van der Waals surface area contributed by atoms with Crippen molar-refractivity contribution in [2.24, 2.45) is 4.99 Å². The number of nitrogens with one attached hydrogen (secondary N) is 3. The molecule has 7 nitrogen and oxygen atoms in total. The molecule has 0 radical (unpaired) electrons. The lowest BCUT2D eigenvalue weighted by atomic mass is 10.2. The van der Waals surface area contributed by atoms with E-state index in [9.17, 15) is 12.8 Å². The topological polar surface area (TPSA) is 95.5 Å². The van der Waals surface area contributed by atoms with Crippen LogP contribution in [0.2, 0.25) is 0 Å². The molecule has 0 saturated carbocycles. The van der Waals surface area contributed by atoms with E-state index >= 15 is 0 Å². The second-order valence-electron chi connectivity index (χ2n) is 5.60. The third-order valence-electron chi connectivity index (χ3n) is 3.41. The largest absolute Gasteiger partial charge is 0.355 e. The van der Waals surface area contributed by atoms with E-state index in [1.807, 2.05) is 6.92 Å². The van der Waals surface area contributed by atoms with Crippen LogP contribution in [0.25, 0.3) is 0 Å². The fourth-order valence-electron chi connectivity index (χ4n) is 2.05. The summed E-state index contributed by atoms with van der Waals surface area (Å²) in [5, 5.41) is 6.92. The van der Waals surface area contributed by atoms with Gasteiger partial charge in [0.15, 0.2) is 5.96 Å². The summed E-state index contributed by atoms with van der Waals surface area (Å²) in [6.07, 6.45) is 1.80. The Balaban J connectivity index is 0.00000364. The van der Waals surface area contributed by atoms with Gasteiger partial charge >= 0.3 is 0 Å². The Morgan fingerprint density at radius 1 is 1.30 bits per heavy atom.